The Morgan fingerprint density at radius 2 is 1.90 bits per heavy atom. The molecule has 0 bridgehead atoms. The number of anilines is 1. The second-order valence-electron chi connectivity index (χ2n) is 8.37. The third-order valence-electron chi connectivity index (χ3n) is 6.29. The standard InChI is InChI=1S/C24H24N4O3/c1-15-11-18(29)13-21-23(15)24(31)19-12-17(14-26-27-25)7-9-20(19)28(21)22(30)10-8-16-5-3-2-4-6-16/h2-7,9,12,15,21,23H,8,10-11,13-14H2,1H3. The molecule has 1 aliphatic heterocycles. The van der Waals surface area contributed by atoms with E-state index < -0.39 is 12.0 Å². The number of benzene rings is 2. The molecule has 0 radical (unpaired) electrons. The van der Waals surface area contributed by atoms with Crippen LogP contribution in [0.15, 0.2) is 53.6 Å². The molecule has 31 heavy (non-hydrogen) atoms. The van der Waals surface area contributed by atoms with Gasteiger partial charge in [-0.25, -0.2) is 0 Å². The Labute approximate surface area is 180 Å². The van der Waals surface area contributed by atoms with Crippen LogP contribution < -0.4 is 4.90 Å². The Bertz CT molecular complexity index is 1080. The van der Waals surface area contributed by atoms with Crippen molar-refractivity contribution in [2.24, 2.45) is 17.0 Å². The zero-order chi connectivity index (χ0) is 22.0. The van der Waals surface area contributed by atoms with E-state index in [1.54, 1.807) is 23.1 Å². The number of nitrogens with zero attached hydrogens (tertiary/aromatic N) is 4. The quantitative estimate of drug-likeness (QED) is 0.403. The van der Waals surface area contributed by atoms with Crippen molar-refractivity contribution < 1.29 is 14.4 Å². The van der Waals surface area contributed by atoms with Gasteiger partial charge >= 0.3 is 0 Å². The van der Waals surface area contributed by atoms with Crippen molar-refractivity contribution in [1.82, 2.24) is 0 Å². The number of aryl methyl sites for hydroxylation is 1. The molecule has 0 N–H and O–H groups in total. The topological polar surface area (TPSA) is 103 Å². The third kappa shape index (κ3) is 4.09. The van der Waals surface area contributed by atoms with Gasteiger partial charge in [0.05, 0.1) is 18.3 Å². The summed E-state index contributed by atoms with van der Waals surface area (Å²) in [6, 6.07) is 14.6. The van der Waals surface area contributed by atoms with Gasteiger partial charge in [-0.1, -0.05) is 48.4 Å². The molecule has 1 fully saturated rings. The van der Waals surface area contributed by atoms with Crippen LogP contribution in [-0.2, 0) is 22.6 Å². The van der Waals surface area contributed by atoms with Crippen LogP contribution in [0.1, 0.15) is 47.7 Å². The molecule has 1 amide bonds. The number of carbonyl (C=O) groups is 3. The number of ketones is 2. The van der Waals surface area contributed by atoms with E-state index in [1.807, 2.05) is 37.3 Å². The number of fused-ring (bicyclic) bond motifs is 2. The molecule has 158 valence electrons. The number of rotatable bonds is 5. The molecule has 1 heterocycles. The second-order valence-corrected chi connectivity index (χ2v) is 8.37. The highest BCUT2D eigenvalue weighted by atomic mass is 16.2. The van der Waals surface area contributed by atoms with E-state index in [-0.39, 0.29) is 36.4 Å². The Hall–Kier alpha value is -3.44. The average molecular weight is 416 g/mol. The molecule has 2 aliphatic rings. The summed E-state index contributed by atoms with van der Waals surface area (Å²) in [6.45, 7) is 2.05. The normalized spacial score (nSPS) is 22.4. The van der Waals surface area contributed by atoms with Crippen molar-refractivity contribution in [3.05, 3.63) is 75.7 Å². The van der Waals surface area contributed by atoms with Crippen molar-refractivity contribution in [3.63, 3.8) is 0 Å². The van der Waals surface area contributed by atoms with E-state index in [9.17, 15) is 14.4 Å². The zero-order valence-corrected chi connectivity index (χ0v) is 17.4. The molecule has 0 aromatic heterocycles. The van der Waals surface area contributed by atoms with Gasteiger partial charge in [0.2, 0.25) is 5.91 Å². The van der Waals surface area contributed by atoms with E-state index in [0.717, 1.165) is 11.1 Å². The smallest absolute Gasteiger partial charge is 0.227 e. The van der Waals surface area contributed by atoms with Crippen molar-refractivity contribution in [2.45, 2.75) is 45.2 Å². The Morgan fingerprint density at radius 1 is 1.13 bits per heavy atom. The lowest BCUT2D eigenvalue weighted by atomic mass is 9.69. The number of Topliss-reactive ketones (excluding diaryl/α,β-unsaturated/α-hetero) is 2. The Kier molecular flexibility index (Phi) is 5.87. The predicted octanol–water partition coefficient (Wildman–Crippen LogP) is 4.64. The summed E-state index contributed by atoms with van der Waals surface area (Å²) in [5.74, 6) is -0.560. The van der Waals surface area contributed by atoms with E-state index in [2.05, 4.69) is 10.0 Å². The number of amides is 1. The molecule has 7 heteroatoms. The largest absolute Gasteiger partial charge is 0.307 e. The first kappa shape index (κ1) is 20.8. The first-order chi connectivity index (χ1) is 15.0. The van der Waals surface area contributed by atoms with Crippen LogP contribution in [0.4, 0.5) is 5.69 Å². The van der Waals surface area contributed by atoms with Crippen molar-refractivity contribution >= 4 is 23.2 Å². The minimum Gasteiger partial charge on any atom is -0.307 e. The van der Waals surface area contributed by atoms with Crippen molar-refractivity contribution in [1.29, 1.82) is 0 Å². The maximum Gasteiger partial charge on any atom is 0.227 e. The lowest BCUT2D eigenvalue weighted by Crippen LogP contribution is -2.56. The molecule has 2 aromatic rings. The van der Waals surface area contributed by atoms with Crippen molar-refractivity contribution in [3.8, 4) is 0 Å². The third-order valence-corrected chi connectivity index (χ3v) is 6.29. The van der Waals surface area contributed by atoms with E-state index in [0.29, 0.717) is 30.5 Å². The monoisotopic (exact) mass is 416 g/mol. The molecule has 2 aromatic carbocycles. The van der Waals surface area contributed by atoms with Gasteiger partial charge in [0.15, 0.2) is 5.78 Å². The summed E-state index contributed by atoms with van der Waals surface area (Å²) in [6.07, 6.45) is 1.45. The molecule has 3 atom stereocenters. The molecule has 1 aliphatic carbocycles. The van der Waals surface area contributed by atoms with Gasteiger partial charge in [0.1, 0.15) is 5.78 Å². The summed E-state index contributed by atoms with van der Waals surface area (Å²) < 4.78 is 0. The van der Waals surface area contributed by atoms with Gasteiger partial charge in [-0.15, -0.1) is 0 Å². The highest BCUT2D eigenvalue weighted by Gasteiger charge is 2.48. The lowest BCUT2D eigenvalue weighted by molar-refractivity contribution is -0.124. The Balaban J connectivity index is 1.71. The van der Waals surface area contributed by atoms with Crippen LogP contribution in [0.25, 0.3) is 10.4 Å². The number of carbonyl (C=O) groups excluding carboxylic acids is 3. The fourth-order valence-electron chi connectivity index (χ4n) is 4.89. The van der Waals surface area contributed by atoms with Crippen molar-refractivity contribution in [2.75, 3.05) is 4.90 Å². The second kappa shape index (κ2) is 8.74. The predicted molar refractivity (Wildman–Crippen MR) is 117 cm³/mol. The molecular formula is C24H24N4O3. The lowest BCUT2D eigenvalue weighted by Gasteiger charge is -2.46. The minimum atomic E-state index is -0.442. The van der Waals surface area contributed by atoms with Crippen LogP contribution in [0.2, 0.25) is 0 Å². The first-order valence-electron chi connectivity index (χ1n) is 10.5. The number of hydrogen-bond acceptors (Lipinski definition) is 4. The Morgan fingerprint density at radius 3 is 2.65 bits per heavy atom. The van der Waals surface area contributed by atoms with Gasteiger partial charge in [0.25, 0.3) is 0 Å². The van der Waals surface area contributed by atoms with Crippen LogP contribution in [0.3, 0.4) is 0 Å². The van der Waals surface area contributed by atoms with E-state index in [1.165, 1.54) is 0 Å². The fraction of sp³-hybridized carbons (Fsp3) is 0.375. The fourth-order valence-corrected chi connectivity index (χ4v) is 4.89. The molecule has 7 nitrogen and oxygen atoms in total. The first-order valence-corrected chi connectivity index (χ1v) is 10.5. The van der Waals surface area contributed by atoms with E-state index >= 15 is 0 Å². The molecule has 1 saturated carbocycles. The maximum atomic E-state index is 13.4. The molecule has 0 saturated heterocycles. The van der Waals surface area contributed by atoms with E-state index in [4.69, 9.17) is 5.53 Å². The molecule has 0 spiro atoms. The van der Waals surface area contributed by atoms with Gasteiger partial charge in [-0.3, -0.25) is 14.4 Å². The summed E-state index contributed by atoms with van der Waals surface area (Å²) in [7, 11) is 0. The summed E-state index contributed by atoms with van der Waals surface area (Å²) in [5.41, 5.74) is 11.4. The number of hydrogen-bond donors (Lipinski definition) is 0. The van der Waals surface area contributed by atoms with Crippen LogP contribution in [-0.4, -0.2) is 23.5 Å². The van der Waals surface area contributed by atoms with Gasteiger partial charge in [-0.2, -0.15) is 0 Å². The van der Waals surface area contributed by atoms with Crippen LogP contribution in [0.5, 0.6) is 0 Å². The molecule has 4 rings (SSSR count). The van der Waals surface area contributed by atoms with Gasteiger partial charge in [-0.05, 0) is 41.1 Å². The summed E-state index contributed by atoms with van der Waals surface area (Å²) in [5, 5.41) is 3.58. The van der Waals surface area contributed by atoms with Crippen LogP contribution >= 0.6 is 0 Å². The highest BCUT2D eigenvalue weighted by molar-refractivity contribution is 6.12. The average Bonchev–Trinajstić information content (AvgIpc) is 2.76. The summed E-state index contributed by atoms with van der Waals surface area (Å²) in [4.78, 5) is 43.6. The van der Waals surface area contributed by atoms with Gasteiger partial charge in [0, 0.05) is 35.7 Å². The molecule has 3 unspecified atom stereocenters. The number of azide groups is 1. The van der Waals surface area contributed by atoms with Gasteiger partial charge < -0.3 is 4.90 Å². The minimum absolute atomic E-state index is 0.0325. The highest BCUT2D eigenvalue weighted by Crippen LogP contribution is 2.43. The van der Waals surface area contributed by atoms with Crippen LogP contribution in [0, 0.1) is 11.8 Å². The SMILES string of the molecule is CC1CC(=O)CC2C1C(=O)c1cc(CN=[N+]=[N-])ccc1N2C(=O)CCc1ccccc1. The molecular weight excluding hydrogens is 392 g/mol. The zero-order valence-electron chi connectivity index (χ0n) is 17.4. The maximum absolute atomic E-state index is 13.4. The summed E-state index contributed by atoms with van der Waals surface area (Å²) >= 11 is 0.